The quantitative estimate of drug-likeness (QED) is 0.840. The van der Waals surface area contributed by atoms with E-state index in [0.29, 0.717) is 24.1 Å². The zero-order valence-corrected chi connectivity index (χ0v) is 11.6. The minimum absolute atomic E-state index is 0.180. The van der Waals surface area contributed by atoms with Gasteiger partial charge in [0.1, 0.15) is 0 Å². The van der Waals surface area contributed by atoms with Crippen molar-refractivity contribution in [1.82, 2.24) is 10.3 Å². The number of pyridine rings is 1. The first-order chi connectivity index (χ1) is 8.41. The number of nitrogens with zero attached hydrogens (tertiary/aromatic N) is 1. The molecule has 0 atom stereocenters. The van der Waals surface area contributed by atoms with Crippen LogP contribution in [0.3, 0.4) is 0 Å². The number of aliphatic hydroxyl groups is 1. The summed E-state index contributed by atoms with van der Waals surface area (Å²) in [6, 6.07) is 3.58. The van der Waals surface area contributed by atoms with Gasteiger partial charge in [0.15, 0.2) is 0 Å². The van der Waals surface area contributed by atoms with Gasteiger partial charge >= 0.3 is 0 Å². The molecule has 0 aliphatic rings. The predicted octanol–water partition coefficient (Wildman–Crippen LogP) is 1.98. The Morgan fingerprint density at radius 2 is 1.94 bits per heavy atom. The zero-order chi connectivity index (χ0) is 13.8. The molecule has 0 radical (unpaired) electrons. The summed E-state index contributed by atoms with van der Waals surface area (Å²) in [4.78, 5) is 16.2. The largest absolute Gasteiger partial charge is 0.388 e. The predicted molar refractivity (Wildman–Crippen MR) is 71.6 cm³/mol. The average molecular weight is 250 g/mol. The number of hydrogen-bond donors (Lipinski definition) is 2. The lowest BCUT2D eigenvalue weighted by molar-refractivity contribution is 0.0314. The van der Waals surface area contributed by atoms with Crippen LogP contribution < -0.4 is 5.32 Å². The van der Waals surface area contributed by atoms with Crippen LogP contribution in [0.1, 0.15) is 48.4 Å². The van der Waals surface area contributed by atoms with Crippen molar-refractivity contribution in [1.29, 1.82) is 0 Å². The number of aromatic nitrogens is 1. The van der Waals surface area contributed by atoms with E-state index in [4.69, 9.17) is 0 Å². The van der Waals surface area contributed by atoms with Crippen LogP contribution >= 0.6 is 0 Å². The fourth-order valence-electron chi connectivity index (χ4n) is 1.77. The van der Waals surface area contributed by atoms with E-state index in [1.165, 1.54) is 0 Å². The Kier molecular flexibility index (Phi) is 4.84. The average Bonchev–Trinajstić information content (AvgIpc) is 2.35. The van der Waals surface area contributed by atoms with Gasteiger partial charge in [-0.2, -0.15) is 0 Å². The third-order valence-corrected chi connectivity index (χ3v) is 3.36. The molecule has 1 heterocycles. The molecule has 1 amide bonds. The maximum absolute atomic E-state index is 12.0. The van der Waals surface area contributed by atoms with Gasteiger partial charge in [0.05, 0.1) is 16.9 Å². The number of hydrogen-bond acceptors (Lipinski definition) is 3. The second-order valence-electron chi connectivity index (χ2n) is 4.70. The van der Waals surface area contributed by atoms with Crippen molar-refractivity contribution in [2.75, 3.05) is 6.54 Å². The third-order valence-electron chi connectivity index (χ3n) is 3.36. The molecule has 0 saturated carbocycles. The summed E-state index contributed by atoms with van der Waals surface area (Å²) in [5.41, 5.74) is 1.35. The highest BCUT2D eigenvalue weighted by Crippen LogP contribution is 2.13. The first-order valence-electron chi connectivity index (χ1n) is 6.36. The van der Waals surface area contributed by atoms with Crippen LogP contribution in [0.15, 0.2) is 12.1 Å². The maximum Gasteiger partial charge on any atom is 0.253 e. The summed E-state index contributed by atoms with van der Waals surface area (Å²) in [5, 5.41) is 12.9. The third kappa shape index (κ3) is 3.53. The molecule has 2 N–H and O–H groups in total. The lowest BCUT2D eigenvalue weighted by atomic mass is 9.97. The summed E-state index contributed by atoms with van der Waals surface area (Å²) in [6.45, 7) is 7.80. The van der Waals surface area contributed by atoms with Crippen LogP contribution in [0.5, 0.6) is 0 Å². The highest BCUT2D eigenvalue weighted by Gasteiger charge is 2.23. The minimum Gasteiger partial charge on any atom is -0.388 e. The van der Waals surface area contributed by atoms with Crippen LogP contribution in [0.4, 0.5) is 0 Å². The van der Waals surface area contributed by atoms with Gasteiger partial charge in [-0.25, -0.2) is 0 Å². The van der Waals surface area contributed by atoms with Crippen molar-refractivity contribution in [2.45, 2.75) is 46.1 Å². The lowest BCUT2D eigenvalue weighted by Crippen LogP contribution is -2.42. The van der Waals surface area contributed by atoms with Crippen LogP contribution in [0.25, 0.3) is 0 Å². The first-order valence-corrected chi connectivity index (χ1v) is 6.36. The number of rotatable bonds is 5. The summed E-state index contributed by atoms with van der Waals surface area (Å²) in [5.74, 6) is -0.180. The van der Waals surface area contributed by atoms with E-state index in [2.05, 4.69) is 10.3 Å². The molecule has 0 aliphatic heterocycles. The Labute approximate surface area is 108 Å². The number of nitrogens with one attached hydrogen (secondary N) is 1. The number of carbonyl (C=O) groups excluding carboxylic acids is 1. The Bertz CT molecular complexity index is 426. The van der Waals surface area contributed by atoms with E-state index in [1.807, 2.05) is 33.8 Å². The molecule has 18 heavy (non-hydrogen) atoms. The van der Waals surface area contributed by atoms with Crippen molar-refractivity contribution in [3.8, 4) is 0 Å². The monoisotopic (exact) mass is 250 g/mol. The van der Waals surface area contributed by atoms with E-state index < -0.39 is 5.60 Å². The standard InChI is InChI=1S/C14H22N2O2/c1-5-14(18,6-2)9-15-13(17)12-8-7-10(3)16-11(12)4/h7-8,18H,5-6,9H2,1-4H3,(H,15,17). The van der Waals surface area contributed by atoms with E-state index >= 15 is 0 Å². The number of aryl methyl sites for hydroxylation is 2. The maximum atomic E-state index is 12.0. The first kappa shape index (κ1) is 14.6. The lowest BCUT2D eigenvalue weighted by Gasteiger charge is -2.25. The molecule has 0 aliphatic carbocycles. The SMILES string of the molecule is CCC(O)(CC)CNC(=O)c1ccc(C)nc1C. The van der Waals surface area contributed by atoms with Gasteiger partial charge in [0, 0.05) is 12.2 Å². The van der Waals surface area contributed by atoms with Gasteiger partial charge in [0.2, 0.25) is 0 Å². The fourth-order valence-corrected chi connectivity index (χ4v) is 1.77. The van der Waals surface area contributed by atoms with Crippen LogP contribution in [0.2, 0.25) is 0 Å². The summed E-state index contributed by atoms with van der Waals surface area (Å²) < 4.78 is 0. The summed E-state index contributed by atoms with van der Waals surface area (Å²) in [6.07, 6.45) is 1.24. The van der Waals surface area contributed by atoms with Crippen molar-refractivity contribution < 1.29 is 9.90 Å². The van der Waals surface area contributed by atoms with Gasteiger partial charge in [-0.15, -0.1) is 0 Å². The van der Waals surface area contributed by atoms with Crippen LogP contribution in [-0.4, -0.2) is 28.1 Å². The molecule has 1 aromatic heterocycles. The van der Waals surface area contributed by atoms with Gasteiger partial charge < -0.3 is 10.4 Å². The molecule has 0 fully saturated rings. The molecule has 1 aromatic rings. The molecule has 0 unspecified atom stereocenters. The molecule has 4 nitrogen and oxygen atoms in total. The Morgan fingerprint density at radius 3 is 2.44 bits per heavy atom. The van der Waals surface area contributed by atoms with E-state index in [0.717, 1.165) is 5.69 Å². The second-order valence-corrected chi connectivity index (χ2v) is 4.70. The van der Waals surface area contributed by atoms with E-state index in [-0.39, 0.29) is 12.5 Å². The van der Waals surface area contributed by atoms with Crippen molar-refractivity contribution >= 4 is 5.91 Å². The van der Waals surface area contributed by atoms with Crippen LogP contribution in [0, 0.1) is 13.8 Å². The highest BCUT2D eigenvalue weighted by atomic mass is 16.3. The van der Waals surface area contributed by atoms with Gasteiger partial charge in [0.25, 0.3) is 5.91 Å². The molecular formula is C14H22N2O2. The second kappa shape index (κ2) is 5.96. The Balaban J connectivity index is 2.71. The molecule has 0 aromatic carbocycles. The highest BCUT2D eigenvalue weighted by molar-refractivity contribution is 5.95. The molecule has 0 bridgehead atoms. The van der Waals surface area contributed by atoms with Crippen LogP contribution in [-0.2, 0) is 0 Å². The smallest absolute Gasteiger partial charge is 0.253 e. The van der Waals surface area contributed by atoms with Gasteiger partial charge in [-0.05, 0) is 38.8 Å². The summed E-state index contributed by atoms with van der Waals surface area (Å²) in [7, 11) is 0. The van der Waals surface area contributed by atoms with Crippen molar-refractivity contribution in [2.24, 2.45) is 0 Å². The summed E-state index contributed by atoms with van der Waals surface area (Å²) >= 11 is 0. The Morgan fingerprint density at radius 1 is 1.33 bits per heavy atom. The molecule has 1 rings (SSSR count). The molecular weight excluding hydrogens is 228 g/mol. The topological polar surface area (TPSA) is 62.2 Å². The number of carbonyl (C=O) groups is 1. The van der Waals surface area contributed by atoms with Gasteiger partial charge in [-0.3, -0.25) is 9.78 Å². The number of amides is 1. The van der Waals surface area contributed by atoms with E-state index in [9.17, 15) is 9.90 Å². The normalized spacial score (nSPS) is 11.4. The van der Waals surface area contributed by atoms with Crippen molar-refractivity contribution in [3.63, 3.8) is 0 Å². The minimum atomic E-state index is -0.818. The molecule has 0 saturated heterocycles. The molecule has 4 heteroatoms. The fraction of sp³-hybridized carbons (Fsp3) is 0.571. The Hall–Kier alpha value is -1.42. The molecule has 100 valence electrons. The zero-order valence-electron chi connectivity index (χ0n) is 11.6. The van der Waals surface area contributed by atoms with Crippen molar-refractivity contribution in [3.05, 3.63) is 29.1 Å². The molecule has 0 spiro atoms. The van der Waals surface area contributed by atoms with E-state index in [1.54, 1.807) is 6.07 Å². The van der Waals surface area contributed by atoms with Gasteiger partial charge in [-0.1, -0.05) is 13.8 Å².